The van der Waals surface area contributed by atoms with Crippen LogP contribution in [0.3, 0.4) is 0 Å². The van der Waals surface area contributed by atoms with E-state index >= 15 is 0 Å². The van der Waals surface area contributed by atoms with Crippen molar-refractivity contribution in [3.05, 3.63) is 77.6 Å². The predicted molar refractivity (Wildman–Crippen MR) is 103 cm³/mol. The van der Waals surface area contributed by atoms with Crippen LogP contribution in [0.4, 0.5) is 19.0 Å². The number of anilines is 1. The molecule has 0 amide bonds. The van der Waals surface area contributed by atoms with Gasteiger partial charge in [-0.05, 0) is 48.2 Å². The summed E-state index contributed by atoms with van der Waals surface area (Å²) >= 11 is 0. The summed E-state index contributed by atoms with van der Waals surface area (Å²) < 4.78 is 41.1. The van der Waals surface area contributed by atoms with Crippen LogP contribution in [0.1, 0.15) is 5.56 Å². The van der Waals surface area contributed by atoms with Gasteiger partial charge in [0.25, 0.3) is 0 Å². The van der Waals surface area contributed by atoms with Gasteiger partial charge in [-0.2, -0.15) is 0 Å². The first-order chi connectivity index (χ1) is 14.1. The van der Waals surface area contributed by atoms with Gasteiger partial charge < -0.3 is 5.32 Å². The van der Waals surface area contributed by atoms with E-state index < -0.39 is 11.6 Å². The second kappa shape index (κ2) is 7.15. The third kappa shape index (κ3) is 3.58. The van der Waals surface area contributed by atoms with Gasteiger partial charge in [0, 0.05) is 36.8 Å². The number of hydrogen-bond acceptors (Lipinski definition) is 4. The Bertz CT molecular complexity index is 1030. The second-order valence-electron chi connectivity index (χ2n) is 7.71. The number of nitrogens with one attached hydrogen (secondary N) is 1. The molecule has 148 valence electrons. The lowest BCUT2D eigenvalue weighted by Gasteiger charge is -2.20. The molecule has 2 aromatic carbocycles. The molecule has 2 heterocycles. The summed E-state index contributed by atoms with van der Waals surface area (Å²) in [5.41, 5.74) is 1.11. The Labute approximate surface area is 166 Å². The SMILES string of the molecule is Fc1ccc(F)c(-c2ccc(NC3[C@@H]4CN(Cc5ccccc5F)C[C@@H]34)nn2)c1. The number of hydrogen-bond donors (Lipinski definition) is 1. The van der Waals surface area contributed by atoms with Crippen molar-refractivity contribution in [1.82, 2.24) is 15.1 Å². The summed E-state index contributed by atoms with van der Waals surface area (Å²) in [7, 11) is 0. The van der Waals surface area contributed by atoms with Crippen molar-refractivity contribution >= 4 is 5.82 Å². The molecule has 2 atom stereocenters. The predicted octanol–water partition coefficient (Wildman–Crippen LogP) is 4.10. The van der Waals surface area contributed by atoms with Gasteiger partial charge in [-0.1, -0.05) is 18.2 Å². The van der Waals surface area contributed by atoms with Gasteiger partial charge in [0.2, 0.25) is 0 Å². The highest BCUT2D eigenvalue weighted by Crippen LogP contribution is 2.47. The van der Waals surface area contributed by atoms with E-state index in [1.54, 1.807) is 18.2 Å². The van der Waals surface area contributed by atoms with E-state index in [4.69, 9.17) is 0 Å². The van der Waals surface area contributed by atoms with E-state index in [2.05, 4.69) is 20.4 Å². The molecule has 1 aliphatic carbocycles. The van der Waals surface area contributed by atoms with Crippen molar-refractivity contribution in [1.29, 1.82) is 0 Å². The first kappa shape index (κ1) is 18.1. The highest BCUT2D eigenvalue weighted by Gasteiger charge is 2.55. The van der Waals surface area contributed by atoms with Crippen molar-refractivity contribution in [3.63, 3.8) is 0 Å². The van der Waals surface area contributed by atoms with Gasteiger partial charge in [-0.3, -0.25) is 4.90 Å². The van der Waals surface area contributed by atoms with Crippen LogP contribution in [0.15, 0.2) is 54.6 Å². The lowest BCUT2D eigenvalue weighted by atomic mass is 10.1. The number of halogens is 3. The third-order valence-electron chi connectivity index (χ3n) is 5.80. The molecule has 5 rings (SSSR count). The molecule has 2 aliphatic rings. The van der Waals surface area contributed by atoms with E-state index in [1.165, 1.54) is 6.07 Å². The Morgan fingerprint density at radius 1 is 0.897 bits per heavy atom. The molecule has 0 unspecified atom stereocenters. The quantitative estimate of drug-likeness (QED) is 0.705. The normalized spacial score (nSPS) is 23.1. The molecular formula is C22H19F3N4. The maximum atomic E-state index is 13.9. The fraction of sp³-hybridized carbons (Fsp3) is 0.273. The molecule has 0 spiro atoms. The van der Waals surface area contributed by atoms with Crippen molar-refractivity contribution < 1.29 is 13.2 Å². The maximum absolute atomic E-state index is 13.9. The average molecular weight is 396 g/mol. The Morgan fingerprint density at radius 2 is 1.69 bits per heavy atom. The van der Waals surface area contributed by atoms with Crippen LogP contribution in [0.5, 0.6) is 0 Å². The first-order valence-electron chi connectivity index (χ1n) is 9.60. The molecule has 1 aliphatic heterocycles. The first-order valence-corrected chi connectivity index (χ1v) is 9.60. The number of rotatable bonds is 5. The summed E-state index contributed by atoms with van der Waals surface area (Å²) in [6.45, 7) is 2.45. The Kier molecular flexibility index (Phi) is 4.47. The van der Waals surface area contributed by atoms with Crippen LogP contribution in [0.2, 0.25) is 0 Å². The molecule has 29 heavy (non-hydrogen) atoms. The zero-order valence-electron chi connectivity index (χ0n) is 15.5. The van der Waals surface area contributed by atoms with Gasteiger partial charge in [0.05, 0.1) is 5.69 Å². The molecule has 1 N–H and O–H groups in total. The minimum atomic E-state index is -0.534. The van der Waals surface area contributed by atoms with Crippen LogP contribution in [0, 0.1) is 29.3 Å². The summed E-state index contributed by atoms with van der Waals surface area (Å²) in [5, 5.41) is 11.5. The number of aromatic nitrogens is 2. The molecule has 4 nitrogen and oxygen atoms in total. The molecule has 1 saturated heterocycles. The van der Waals surface area contributed by atoms with Crippen LogP contribution >= 0.6 is 0 Å². The van der Waals surface area contributed by atoms with Crippen LogP contribution in [0.25, 0.3) is 11.3 Å². The summed E-state index contributed by atoms with van der Waals surface area (Å²) in [5.74, 6) is 0.413. The highest BCUT2D eigenvalue weighted by molar-refractivity contribution is 5.60. The van der Waals surface area contributed by atoms with Gasteiger partial charge in [0.15, 0.2) is 0 Å². The van der Waals surface area contributed by atoms with E-state index in [-0.39, 0.29) is 11.4 Å². The van der Waals surface area contributed by atoms with E-state index in [1.807, 2.05) is 12.1 Å². The topological polar surface area (TPSA) is 41.0 Å². The van der Waals surface area contributed by atoms with Gasteiger partial charge in [-0.15, -0.1) is 10.2 Å². The number of fused-ring (bicyclic) bond motifs is 1. The molecule has 3 aromatic rings. The molecule has 2 fully saturated rings. The summed E-state index contributed by atoms with van der Waals surface area (Å²) in [4.78, 5) is 2.27. The minimum Gasteiger partial charge on any atom is -0.365 e. The third-order valence-corrected chi connectivity index (χ3v) is 5.80. The van der Waals surface area contributed by atoms with E-state index in [0.29, 0.717) is 35.9 Å². The molecule has 0 radical (unpaired) electrons. The lowest BCUT2D eigenvalue weighted by Crippen LogP contribution is -2.28. The Balaban J connectivity index is 1.18. The van der Waals surface area contributed by atoms with E-state index in [9.17, 15) is 13.2 Å². The standard InChI is InChI=1S/C22H19F3N4/c23-14-5-6-19(25)15(9-14)20-7-8-21(28-27-20)26-22-16-11-29(12-17(16)22)10-13-3-1-2-4-18(13)24/h1-9,16-17,22H,10-12H2,(H,26,28)/t16-,17-/m1/s1. The highest BCUT2D eigenvalue weighted by atomic mass is 19.1. The van der Waals surface area contributed by atoms with E-state index in [0.717, 1.165) is 36.9 Å². The number of benzene rings is 2. The van der Waals surface area contributed by atoms with Crippen LogP contribution in [-0.4, -0.2) is 34.2 Å². The molecule has 7 heteroatoms. The van der Waals surface area contributed by atoms with Crippen molar-refractivity contribution in [2.24, 2.45) is 11.8 Å². The van der Waals surface area contributed by atoms with Crippen molar-refractivity contribution in [3.8, 4) is 11.3 Å². The fourth-order valence-electron chi connectivity index (χ4n) is 4.24. The average Bonchev–Trinajstić information content (AvgIpc) is 3.16. The minimum absolute atomic E-state index is 0.0936. The lowest BCUT2D eigenvalue weighted by molar-refractivity contribution is 0.288. The smallest absolute Gasteiger partial charge is 0.148 e. The number of likely N-dealkylation sites (tertiary alicyclic amines) is 1. The largest absolute Gasteiger partial charge is 0.365 e. The molecule has 1 saturated carbocycles. The summed E-state index contributed by atoms with van der Waals surface area (Å²) in [6, 6.07) is 13.8. The van der Waals surface area contributed by atoms with Gasteiger partial charge in [0.1, 0.15) is 23.3 Å². The van der Waals surface area contributed by atoms with Crippen LogP contribution in [-0.2, 0) is 6.54 Å². The monoisotopic (exact) mass is 396 g/mol. The van der Waals surface area contributed by atoms with Gasteiger partial charge in [-0.25, -0.2) is 13.2 Å². The van der Waals surface area contributed by atoms with Crippen LogP contribution < -0.4 is 5.32 Å². The summed E-state index contributed by atoms with van der Waals surface area (Å²) in [6.07, 6.45) is 0. The fourth-order valence-corrected chi connectivity index (χ4v) is 4.24. The Hall–Kier alpha value is -2.93. The van der Waals surface area contributed by atoms with Crippen molar-refractivity contribution in [2.45, 2.75) is 12.6 Å². The number of piperidine rings is 1. The molecule has 0 bridgehead atoms. The molecular weight excluding hydrogens is 377 g/mol. The number of nitrogens with zero attached hydrogens (tertiary/aromatic N) is 3. The Morgan fingerprint density at radius 3 is 2.41 bits per heavy atom. The second-order valence-corrected chi connectivity index (χ2v) is 7.71. The molecule has 1 aromatic heterocycles. The zero-order chi connectivity index (χ0) is 20.0. The van der Waals surface area contributed by atoms with Gasteiger partial charge >= 0.3 is 0 Å². The maximum Gasteiger partial charge on any atom is 0.148 e. The zero-order valence-corrected chi connectivity index (χ0v) is 15.5. The van der Waals surface area contributed by atoms with Crippen molar-refractivity contribution in [2.75, 3.05) is 18.4 Å².